The maximum Gasteiger partial charge on any atom is 0.419 e. The van der Waals surface area contributed by atoms with Gasteiger partial charge in [0.1, 0.15) is 11.9 Å². The largest absolute Gasteiger partial charge is 0.419 e. The Kier molecular flexibility index (Phi) is 3.64. The number of benzene rings is 1. The normalized spacial score (nSPS) is 13.6. The molecule has 0 amide bonds. The highest BCUT2D eigenvalue weighted by Gasteiger charge is 2.34. The van der Waals surface area contributed by atoms with Crippen molar-refractivity contribution in [3.05, 3.63) is 57.0 Å². The minimum absolute atomic E-state index is 0.107. The molecule has 0 fully saturated rings. The van der Waals surface area contributed by atoms with Crippen LogP contribution in [0.1, 0.15) is 27.7 Å². The Labute approximate surface area is 111 Å². The summed E-state index contributed by atoms with van der Waals surface area (Å²) in [7, 11) is 0. The lowest BCUT2D eigenvalue weighted by Crippen LogP contribution is -2.09. The molecule has 6 heteroatoms. The van der Waals surface area contributed by atoms with E-state index in [1.165, 1.54) is 11.3 Å². The highest BCUT2D eigenvalue weighted by molar-refractivity contribution is 7.10. The van der Waals surface area contributed by atoms with Gasteiger partial charge in [-0.05, 0) is 41.6 Å². The van der Waals surface area contributed by atoms with Gasteiger partial charge in [-0.2, -0.15) is 13.2 Å². The molecule has 0 spiro atoms. The van der Waals surface area contributed by atoms with Gasteiger partial charge >= 0.3 is 6.18 Å². The van der Waals surface area contributed by atoms with Crippen molar-refractivity contribution in [2.24, 2.45) is 0 Å². The summed E-state index contributed by atoms with van der Waals surface area (Å²) in [5.41, 5.74) is -0.403. The summed E-state index contributed by atoms with van der Waals surface area (Å²) < 4.78 is 50.7. The first-order chi connectivity index (χ1) is 8.80. The lowest BCUT2D eigenvalue weighted by Gasteiger charge is -2.13. The molecule has 1 atom stereocenters. The fourth-order valence-corrected chi connectivity index (χ4v) is 2.68. The van der Waals surface area contributed by atoms with Crippen molar-refractivity contribution in [3.63, 3.8) is 0 Å². The molecule has 2 rings (SSSR count). The van der Waals surface area contributed by atoms with Crippen LogP contribution in [0.5, 0.6) is 0 Å². The van der Waals surface area contributed by atoms with Crippen LogP contribution in [-0.4, -0.2) is 5.11 Å². The summed E-state index contributed by atoms with van der Waals surface area (Å²) in [5.74, 6) is -1.38. The van der Waals surface area contributed by atoms with E-state index in [0.717, 1.165) is 17.7 Å². The van der Waals surface area contributed by atoms with Gasteiger partial charge < -0.3 is 5.11 Å². The van der Waals surface area contributed by atoms with E-state index in [2.05, 4.69) is 0 Å². The smallest absolute Gasteiger partial charge is 0.383 e. The number of hydrogen-bond donors (Lipinski definition) is 1. The zero-order chi connectivity index (χ0) is 14.2. The van der Waals surface area contributed by atoms with E-state index in [-0.39, 0.29) is 5.56 Å². The van der Waals surface area contributed by atoms with Crippen LogP contribution in [0.25, 0.3) is 0 Å². The van der Waals surface area contributed by atoms with E-state index < -0.39 is 23.7 Å². The van der Waals surface area contributed by atoms with Crippen LogP contribution in [0.3, 0.4) is 0 Å². The fraction of sp³-hybridized carbons (Fsp3) is 0.231. The molecule has 1 unspecified atom stereocenters. The molecule has 0 aliphatic heterocycles. The number of hydrogen-bond acceptors (Lipinski definition) is 2. The van der Waals surface area contributed by atoms with Gasteiger partial charge in [-0.3, -0.25) is 0 Å². The third-order valence-electron chi connectivity index (χ3n) is 2.76. The van der Waals surface area contributed by atoms with Crippen LogP contribution in [0, 0.1) is 12.7 Å². The summed E-state index contributed by atoms with van der Waals surface area (Å²) in [6.45, 7) is 1.77. The van der Waals surface area contributed by atoms with Crippen molar-refractivity contribution in [3.8, 4) is 0 Å². The lowest BCUT2D eigenvalue weighted by atomic mass is 10.0. The molecule has 1 nitrogen and oxygen atoms in total. The Morgan fingerprint density at radius 1 is 1.21 bits per heavy atom. The number of halogens is 4. The average molecular weight is 290 g/mol. The van der Waals surface area contributed by atoms with Gasteiger partial charge in [0.15, 0.2) is 0 Å². The number of alkyl halides is 3. The van der Waals surface area contributed by atoms with Gasteiger partial charge in [-0.15, -0.1) is 11.3 Å². The number of aliphatic hydroxyl groups is 1. The van der Waals surface area contributed by atoms with E-state index >= 15 is 0 Å². The molecule has 102 valence electrons. The highest BCUT2D eigenvalue weighted by Crippen LogP contribution is 2.34. The van der Waals surface area contributed by atoms with Crippen LogP contribution >= 0.6 is 11.3 Å². The SMILES string of the molecule is Cc1ccsc1C(O)c1ccc(C(F)(F)F)c(F)c1. The maximum atomic E-state index is 13.4. The summed E-state index contributed by atoms with van der Waals surface area (Å²) in [4.78, 5) is 0.596. The average Bonchev–Trinajstić information content (AvgIpc) is 2.72. The molecule has 1 aromatic heterocycles. The molecule has 1 N–H and O–H groups in total. The van der Waals surface area contributed by atoms with Crippen molar-refractivity contribution in [2.45, 2.75) is 19.2 Å². The van der Waals surface area contributed by atoms with Gasteiger partial charge in [0.05, 0.1) is 5.56 Å². The Morgan fingerprint density at radius 3 is 2.37 bits per heavy atom. The van der Waals surface area contributed by atoms with Gasteiger partial charge in [-0.1, -0.05) is 6.07 Å². The van der Waals surface area contributed by atoms with Gasteiger partial charge in [0.25, 0.3) is 0 Å². The number of aryl methyl sites for hydroxylation is 1. The molecule has 0 aliphatic carbocycles. The zero-order valence-corrected chi connectivity index (χ0v) is 10.6. The van der Waals surface area contributed by atoms with Gasteiger partial charge in [0.2, 0.25) is 0 Å². The van der Waals surface area contributed by atoms with Crippen molar-refractivity contribution in [1.82, 2.24) is 0 Å². The van der Waals surface area contributed by atoms with Gasteiger partial charge in [0, 0.05) is 4.88 Å². The molecule has 0 radical (unpaired) electrons. The second-order valence-electron chi connectivity index (χ2n) is 4.11. The number of aliphatic hydroxyl groups excluding tert-OH is 1. The molecule has 2 aromatic rings. The second-order valence-corrected chi connectivity index (χ2v) is 5.06. The van der Waals surface area contributed by atoms with Crippen molar-refractivity contribution in [1.29, 1.82) is 0 Å². The Hall–Kier alpha value is -1.40. The van der Waals surface area contributed by atoms with Crippen molar-refractivity contribution in [2.75, 3.05) is 0 Å². The van der Waals surface area contributed by atoms with E-state index in [0.29, 0.717) is 10.9 Å². The first kappa shape index (κ1) is 14.0. The minimum atomic E-state index is -4.73. The van der Waals surface area contributed by atoms with Crippen LogP contribution in [-0.2, 0) is 6.18 Å². The van der Waals surface area contributed by atoms with E-state index in [4.69, 9.17) is 0 Å². The Bertz CT molecular complexity index is 589. The van der Waals surface area contributed by atoms with E-state index in [9.17, 15) is 22.7 Å². The Balaban J connectivity index is 2.38. The summed E-state index contributed by atoms with van der Waals surface area (Å²) in [6, 6.07) is 4.25. The zero-order valence-electron chi connectivity index (χ0n) is 9.83. The number of thiophene rings is 1. The topological polar surface area (TPSA) is 20.2 Å². The van der Waals surface area contributed by atoms with Crippen LogP contribution in [0.15, 0.2) is 29.6 Å². The molecule has 0 saturated heterocycles. The minimum Gasteiger partial charge on any atom is -0.383 e. The molecular weight excluding hydrogens is 280 g/mol. The predicted octanol–water partition coefficient (Wildman–Crippen LogP) is 4.30. The number of rotatable bonds is 2. The highest BCUT2D eigenvalue weighted by atomic mass is 32.1. The molecular formula is C13H10F4OS. The van der Waals surface area contributed by atoms with Crippen molar-refractivity contribution < 1.29 is 22.7 Å². The molecule has 0 aliphatic rings. The van der Waals surface area contributed by atoms with Crippen LogP contribution < -0.4 is 0 Å². The molecule has 1 heterocycles. The second kappa shape index (κ2) is 4.94. The van der Waals surface area contributed by atoms with Crippen molar-refractivity contribution >= 4 is 11.3 Å². The molecule has 19 heavy (non-hydrogen) atoms. The third-order valence-corrected chi connectivity index (χ3v) is 3.84. The summed E-state index contributed by atoms with van der Waals surface area (Å²) in [5, 5.41) is 11.8. The fourth-order valence-electron chi connectivity index (χ4n) is 1.75. The molecule has 1 aromatic carbocycles. The summed E-state index contributed by atoms with van der Waals surface area (Å²) >= 11 is 1.27. The van der Waals surface area contributed by atoms with Crippen LogP contribution in [0.2, 0.25) is 0 Å². The first-order valence-electron chi connectivity index (χ1n) is 5.39. The van der Waals surface area contributed by atoms with Gasteiger partial charge in [-0.25, -0.2) is 4.39 Å². The molecule has 0 bridgehead atoms. The quantitative estimate of drug-likeness (QED) is 0.818. The predicted molar refractivity (Wildman–Crippen MR) is 64.5 cm³/mol. The third kappa shape index (κ3) is 2.79. The standard InChI is InChI=1S/C13H10F4OS/c1-7-4-5-19-12(7)11(18)8-2-3-9(10(14)6-8)13(15,16)17/h2-6,11,18H,1H3. The van der Waals surface area contributed by atoms with Crippen LogP contribution in [0.4, 0.5) is 17.6 Å². The maximum absolute atomic E-state index is 13.4. The van der Waals surface area contributed by atoms with E-state index in [1.54, 1.807) is 18.4 Å². The first-order valence-corrected chi connectivity index (χ1v) is 6.27. The Morgan fingerprint density at radius 2 is 1.89 bits per heavy atom. The summed E-state index contributed by atoms with van der Waals surface area (Å²) in [6.07, 6.45) is -5.84. The monoisotopic (exact) mass is 290 g/mol. The van der Waals surface area contributed by atoms with E-state index in [1.807, 2.05) is 0 Å². The lowest BCUT2D eigenvalue weighted by molar-refractivity contribution is -0.140. The molecule has 0 saturated carbocycles.